The lowest BCUT2D eigenvalue weighted by Crippen LogP contribution is -2.29. The molecule has 6 heteroatoms. The van der Waals surface area contributed by atoms with E-state index in [9.17, 15) is 10.1 Å². The fourth-order valence-electron chi connectivity index (χ4n) is 2.73. The normalized spacial score (nSPS) is 17.5. The van der Waals surface area contributed by atoms with Crippen molar-refractivity contribution in [3.8, 4) is 0 Å². The molecule has 6 nitrogen and oxygen atoms in total. The van der Waals surface area contributed by atoms with E-state index in [2.05, 4.69) is 22.5 Å². The van der Waals surface area contributed by atoms with E-state index in [4.69, 9.17) is 0 Å². The maximum Gasteiger partial charge on any atom is 0.276 e. The zero-order valence-electron chi connectivity index (χ0n) is 12.1. The summed E-state index contributed by atoms with van der Waals surface area (Å²) in [7, 11) is 1.71. The molecule has 1 heterocycles. The van der Waals surface area contributed by atoms with Crippen LogP contribution in [0, 0.1) is 15.5 Å². The molecule has 2 rings (SSSR count). The van der Waals surface area contributed by atoms with Gasteiger partial charge in [-0.05, 0) is 18.3 Å². The molecule has 1 aromatic heterocycles. The number of nitrogens with one attached hydrogen (secondary N) is 2. The largest absolute Gasteiger partial charge is 0.373 e. The minimum Gasteiger partial charge on any atom is -0.373 e. The van der Waals surface area contributed by atoms with Crippen molar-refractivity contribution < 1.29 is 4.92 Å². The maximum atomic E-state index is 10.9. The van der Waals surface area contributed by atoms with Gasteiger partial charge >= 0.3 is 0 Å². The van der Waals surface area contributed by atoms with Crippen molar-refractivity contribution >= 4 is 17.3 Å². The Hall–Kier alpha value is -1.85. The molecule has 0 saturated heterocycles. The topological polar surface area (TPSA) is 80.1 Å². The van der Waals surface area contributed by atoms with E-state index in [1.165, 1.54) is 44.2 Å². The third-order valence-electron chi connectivity index (χ3n) is 4.03. The molecule has 20 heavy (non-hydrogen) atoms. The summed E-state index contributed by atoms with van der Waals surface area (Å²) in [4.78, 5) is 14.8. The summed E-state index contributed by atoms with van der Waals surface area (Å²) in [5.41, 5.74) is 0.324. The van der Waals surface area contributed by atoms with Gasteiger partial charge < -0.3 is 10.6 Å². The van der Waals surface area contributed by atoms with E-state index in [1.807, 2.05) is 0 Å². The van der Waals surface area contributed by atoms with Crippen LogP contribution in [-0.4, -0.2) is 23.5 Å². The quantitative estimate of drug-likeness (QED) is 0.637. The second kappa shape index (κ2) is 6.07. The molecule has 0 bridgehead atoms. The Labute approximate surface area is 119 Å². The van der Waals surface area contributed by atoms with Crippen LogP contribution < -0.4 is 10.6 Å². The Balaban J connectivity index is 2.08. The molecule has 1 saturated carbocycles. The number of hydrogen-bond donors (Lipinski definition) is 2. The summed E-state index contributed by atoms with van der Waals surface area (Å²) in [6, 6.07) is 2.93. The molecule has 1 fully saturated rings. The van der Waals surface area contributed by atoms with Gasteiger partial charge in [-0.3, -0.25) is 10.1 Å². The van der Waals surface area contributed by atoms with Gasteiger partial charge in [-0.25, -0.2) is 4.98 Å². The Morgan fingerprint density at radius 2 is 1.95 bits per heavy atom. The second-order valence-corrected chi connectivity index (χ2v) is 5.83. The smallest absolute Gasteiger partial charge is 0.276 e. The van der Waals surface area contributed by atoms with Crippen LogP contribution in [0.15, 0.2) is 12.1 Å². The molecule has 0 aromatic carbocycles. The summed E-state index contributed by atoms with van der Waals surface area (Å²) in [5.74, 6) is 1.07. The van der Waals surface area contributed by atoms with Gasteiger partial charge in [-0.1, -0.05) is 26.2 Å². The van der Waals surface area contributed by atoms with E-state index >= 15 is 0 Å². The van der Waals surface area contributed by atoms with Crippen molar-refractivity contribution in [2.75, 3.05) is 24.2 Å². The van der Waals surface area contributed by atoms with Gasteiger partial charge in [-0.2, -0.15) is 0 Å². The lowest BCUT2D eigenvalue weighted by Gasteiger charge is -2.33. The van der Waals surface area contributed by atoms with Crippen LogP contribution in [0.5, 0.6) is 0 Å². The van der Waals surface area contributed by atoms with Crippen LogP contribution in [0.3, 0.4) is 0 Å². The first-order chi connectivity index (χ1) is 9.52. The molecular formula is C14H22N4O2. The predicted octanol–water partition coefficient (Wildman–Crippen LogP) is 3.41. The van der Waals surface area contributed by atoms with E-state index in [1.54, 1.807) is 7.05 Å². The monoisotopic (exact) mass is 278 g/mol. The van der Waals surface area contributed by atoms with E-state index in [0.717, 1.165) is 6.54 Å². The van der Waals surface area contributed by atoms with Crippen LogP contribution in [0.4, 0.5) is 17.3 Å². The van der Waals surface area contributed by atoms with Crippen LogP contribution in [0.1, 0.15) is 39.0 Å². The summed E-state index contributed by atoms with van der Waals surface area (Å²) >= 11 is 0. The molecular weight excluding hydrogens is 256 g/mol. The van der Waals surface area contributed by atoms with Gasteiger partial charge in [0, 0.05) is 13.6 Å². The van der Waals surface area contributed by atoms with Crippen LogP contribution in [0.2, 0.25) is 0 Å². The molecule has 110 valence electrons. The van der Waals surface area contributed by atoms with Crippen molar-refractivity contribution in [1.82, 2.24) is 4.98 Å². The highest BCUT2D eigenvalue weighted by Crippen LogP contribution is 2.35. The number of nitrogens with zero attached hydrogens (tertiary/aromatic N) is 2. The minimum absolute atomic E-state index is 0.0562. The average molecular weight is 278 g/mol. The molecule has 0 radical (unpaired) electrons. The zero-order chi connectivity index (χ0) is 14.6. The summed E-state index contributed by atoms with van der Waals surface area (Å²) < 4.78 is 0. The van der Waals surface area contributed by atoms with Crippen molar-refractivity contribution in [3.63, 3.8) is 0 Å². The van der Waals surface area contributed by atoms with Gasteiger partial charge in [0.05, 0.1) is 17.1 Å². The molecule has 0 aliphatic heterocycles. The lowest BCUT2D eigenvalue weighted by molar-refractivity contribution is -0.384. The van der Waals surface area contributed by atoms with Gasteiger partial charge in [0.2, 0.25) is 0 Å². The SMILES string of the molecule is CNc1cc([N+](=O)[O-])cc(NCC2(C)CCCCC2)n1. The second-order valence-electron chi connectivity index (χ2n) is 5.83. The molecule has 1 aliphatic carbocycles. The number of aromatic nitrogens is 1. The van der Waals surface area contributed by atoms with E-state index < -0.39 is 4.92 Å². The van der Waals surface area contributed by atoms with Gasteiger partial charge in [0.15, 0.2) is 0 Å². The molecule has 2 N–H and O–H groups in total. The van der Waals surface area contributed by atoms with Crippen molar-refractivity contribution in [2.24, 2.45) is 5.41 Å². The number of nitro groups is 1. The molecule has 1 aliphatic rings. The zero-order valence-corrected chi connectivity index (χ0v) is 12.1. The van der Waals surface area contributed by atoms with Gasteiger partial charge in [0.25, 0.3) is 5.69 Å². The maximum absolute atomic E-state index is 10.9. The Morgan fingerprint density at radius 1 is 1.30 bits per heavy atom. The summed E-state index contributed by atoms with van der Waals surface area (Å²) in [6.45, 7) is 3.08. The highest BCUT2D eigenvalue weighted by Gasteiger charge is 2.26. The highest BCUT2D eigenvalue weighted by molar-refractivity contribution is 5.54. The van der Waals surface area contributed by atoms with Crippen molar-refractivity contribution in [2.45, 2.75) is 39.0 Å². The summed E-state index contributed by atoms with van der Waals surface area (Å²) in [5, 5.41) is 17.0. The van der Waals surface area contributed by atoms with E-state index in [-0.39, 0.29) is 11.1 Å². The Kier molecular flexibility index (Phi) is 4.42. The van der Waals surface area contributed by atoms with Crippen LogP contribution >= 0.6 is 0 Å². The number of pyridine rings is 1. The number of rotatable bonds is 5. The number of hydrogen-bond acceptors (Lipinski definition) is 5. The molecule has 0 atom stereocenters. The molecule has 0 unspecified atom stereocenters. The Morgan fingerprint density at radius 3 is 2.55 bits per heavy atom. The summed E-state index contributed by atoms with van der Waals surface area (Å²) in [6.07, 6.45) is 6.25. The van der Waals surface area contributed by atoms with Gasteiger partial charge in [0.1, 0.15) is 11.6 Å². The van der Waals surface area contributed by atoms with Crippen LogP contribution in [-0.2, 0) is 0 Å². The number of anilines is 2. The fraction of sp³-hybridized carbons (Fsp3) is 0.643. The lowest BCUT2D eigenvalue weighted by atomic mass is 9.76. The van der Waals surface area contributed by atoms with Crippen molar-refractivity contribution in [1.29, 1.82) is 0 Å². The van der Waals surface area contributed by atoms with E-state index in [0.29, 0.717) is 11.6 Å². The minimum atomic E-state index is -0.393. The van der Waals surface area contributed by atoms with Gasteiger partial charge in [-0.15, -0.1) is 0 Å². The molecule has 1 aromatic rings. The first-order valence-corrected chi connectivity index (χ1v) is 7.10. The van der Waals surface area contributed by atoms with Crippen molar-refractivity contribution in [3.05, 3.63) is 22.2 Å². The third kappa shape index (κ3) is 3.59. The molecule has 0 spiro atoms. The highest BCUT2D eigenvalue weighted by atomic mass is 16.6. The first-order valence-electron chi connectivity index (χ1n) is 7.10. The molecule has 0 amide bonds. The van der Waals surface area contributed by atoms with Crippen LogP contribution in [0.25, 0.3) is 0 Å². The standard InChI is InChI=1S/C14H22N4O2/c1-14(6-4-3-5-7-14)10-16-13-9-11(18(19)20)8-12(15-2)17-13/h8-9H,3-7,10H2,1-2H3,(H2,15,16,17). The fourth-order valence-corrected chi connectivity index (χ4v) is 2.73. The average Bonchev–Trinajstić information content (AvgIpc) is 2.45. The third-order valence-corrected chi connectivity index (χ3v) is 4.03. The first kappa shape index (κ1) is 14.6. The Bertz CT molecular complexity index is 484. The predicted molar refractivity (Wildman–Crippen MR) is 80.1 cm³/mol.